The van der Waals surface area contributed by atoms with E-state index in [0.29, 0.717) is 16.8 Å². The first-order chi connectivity index (χ1) is 7.70. The number of anilines is 1. The van der Waals surface area contributed by atoms with Crippen LogP contribution in [-0.4, -0.2) is 25.9 Å². The Morgan fingerprint density at radius 2 is 2.31 bits per heavy atom. The van der Waals surface area contributed by atoms with Gasteiger partial charge < -0.3 is 14.8 Å². The van der Waals surface area contributed by atoms with Gasteiger partial charge in [-0.1, -0.05) is 11.6 Å². The van der Waals surface area contributed by atoms with Gasteiger partial charge in [0.2, 0.25) is 0 Å². The molecular formula is C12H16ClNO2. The number of ether oxygens (including phenoxy) is 2. The topological polar surface area (TPSA) is 30.5 Å². The lowest BCUT2D eigenvalue weighted by Crippen LogP contribution is -2.26. The first kappa shape index (κ1) is 11.6. The molecule has 0 aliphatic carbocycles. The van der Waals surface area contributed by atoms with Crippen LogP contribution in [0.3, 0.4) is 0 Å². The van der Waals surface area contributed by atoms with Crippen molar-refractivity contribution in [2.24, 2.45) is 0 Å². The summed E-state index contributed by atoms with van der Waals surface area (Å²) in [6.45, 7) is 2.90. The zero-order valence-corrected chi connectivity index (χ0v) is 10.3. The second-order valence-corrected chi connectivity index (χ2v) is 4.37. The summed E-state index contributed by atoms with van der Waals surface area (Å²) in [5, 5.41) is 4.06. The molecular weight excluding hydrogens is 226 g/mol. The Labute approximate surface area is 101 Å². The Bertz CT molecular complexity index is 370. The fraction of sp³-hybridized carbons (Fsp3) is 0.500. The van der Waals surface area contributed by atoms with Gasteiger partial charge in [0.05, 0.1) is 24.3 Å². The lowest BCUT2D eigenvalue weighted by molar-refractivity contribution is 0.121. The van der Waals surface area contributed by atoms with Crippen molar-refractivity contribution in [1.29, 1.82) is 0 Å². The van der Waals surface area contributed by atoms with E-state index in [0.717, 1.165) is 18.7 Å². The Hall–Kier alpha value is -0.930. The number of hydrogen-bond donors (Lipinski definition) is 1. The van der Waals surface area contributed by atoms with Crippen molar-refractivity contribution in [2.45, 2.75) is 25.5 Å². The summed E-state index contributed by atoms with van der Waals surface area (Å²) in [7, 11) is 1.62. The molecule has 1 aromatic rings. The molecule has 16 heavy (non-hydrogen) atoms. The molecule has 2 rings (SSSR count). The summed E-state index contributed by atoms with van der Waals surface area (Å²) in [6.07, 6.45) is 1.29. The van der Waals surface area contributed by atoms with E-state index in [-0.39, 0.29) is 6.10 Å². The van der Waals surface area contributed by atoms with Crippen LogP contribution in [0.5, 0.6) is 5.75 Å². The first-order valence-electron chi connectivity index (χ1n) is 5.42. The van der Waals surface area contributed by atoms with Gasteiger partial charge in [0.1, 0.15) is 5.75 Å². The molecule has 1 aliphatic heterocycles. The third kappa shape index (κ3) is 2.42. The molecule has 1 aliphatic rings. The molecule has 0 saturated carbocycles. The van der Waals surface area contributed by atoms with Crippen LogP contribution in [-0.2, 0) is 4.74 Å². The summed E-state index contributed by atoms with van der Waals surface area (Å²) in [4.78, 5) is 0. The van der Waals surface area contributed by atoms with Crippen molar-refractivity contribution in [3.8, 4) is 5.75 Å². The number of hydrogen-bond acceptors (Lipinski definition) is 3. The van der Waals surface area contributed by atoms with Gasteiger partial charge in [0, 0.05) is 18.4 Å². The maximum atomic E-state index is 5.96. The van der Waals surface area contributed by atoms with Crippen LogP contribution in [0, 0.1) is 0 Å². The molecule has 4 heteroatoms. The average molecular weight is 242 g/mol. The van der Waals surface area contributed by atoms with Gasteiger partial charge in [-0.15, -0.1) is 0 Å². The molecule has 0 spiro atoms. The molecule has 88 valence electrons. The first-order valence-corrected chi connectivity index (χ1v) is 5.80. The number of methoxy groups -OCH3 is 1. The van der Waals surface area contributed by atoms with E-state index in [1.54, 1.807) is 7.11 Å². The van der Waals surface area contributed by atoms with Crippen LogP contribution in [0.4, 0.5) is 5.69 Å². The fourth-order valence-electron chi connectivity index (χ4n) is 1.88. The van der Waals surface area contributed by atoms with E-state index in [4.69, 9.17) is 21.1 Å². The number of benzene rings is 1. The lowest BCUT2D eigenvalue weighted by Gasteiger charge is -2.18. The Kier molecular flexibility index (Phi) is 3.56. The van der Waals surface area contributed by atoms with Crippen molar-refractivity contribution in [3.63, 3.8) is 0 Å². The molecule has 0 aromatic heterocycles. The molecule has 1 saturated heterocycles. The zero-order chi connectivity index (χ0) is 11.5. The minimum absolute atomic E-state index is 0.252. The van der Waals surface area contributed by atoms with E-state index in [2.05, 4.69) is 12.2 Å². The number of nitrogens with one attached hydrogen (secondary N) is 1. The summed E-state index contributed by atoms with van der Waals surface area (Å²) in [5.74, 6) is 0.693. The van der Waals surface area contributed by atoms with E-state index in [1.807, 2.05) is 18.2 Å². The zero-order valence-electron chi connectivity index (χ0n) is 9.50. The standard InChI is InChI=1S/C12H16ClNO2/c1-8-11(5-6-16-8)14-9-3-4-10(13)12(7-9)15-2/h3-4,7-8,11,14H,5-6H2,1-2H3. The molecule has 2 atom stereocenters. The van der Waals surface area contributed by atoms with Gasteiger partial charge in [-0.2, -0.15) is 0 Å². The van der Waals surface area contributed by atoms with Crippen molar-refractivity contribution in [2.75, 3.05) is 19.0 Å². The van der Waals surface area contributed by atoms with Crippen LogP contribution >= 0.6 is 11.6 Å². The summed E-state index contributed by atoms with van der Waals surface area (Å²) in [6, 6.07) is 6.07. The number of rotatable bonds is 3. The highest BCUT2D eigenvalue weighted by atomic mass is 35.5. The largest absolute Gasteiger partial charge is 0.495 e. The molecule has 0 amide bonds. The lowest BCUT2D eigenvalue weighted by atomic mass is 10.1. The maximum Gasteiger partial charge on any atom is 0.139 e. The quantitative estimate of drug-likeness (QED) is 0.883. The fourth-order valence-corrected chi connectivity index (χ4v) is 2.08. The van der Waals surface area contributed by atoms with Gasteiger partial charge in [-0.25, -0.2) is 0 Å². The van der Waals surface area contributed by atoms with E-state index in [1.165, 1.54) is 0 Å². The third-order valence-electron chi connectivity index (χ3n) is 2.88. The second kappa shape index (κ2) is 4.93. The highest BCUT2D eigenvalue weighted by Crippen LogP contribution is 2.28. The SMILES string of the molecule is COc1cc(NC2CCOC2C)ccc1Cl. The highest BCUT2D eigenvalue weighted by molar-refractivity contribution is 6.32. The Morgan fingerprint density at radius 3 is 2.94 bits per heavy atom. The van der Waals surface area contributed by atoms with Gasteiger partial charge in [-0.3, -0.25) is 0 Å². The molecule has 1 heterocycles. The number of halogens is 1. The van der Waals surface area contributed by atoms with Crippen LogP contribution < -0.4 is 10.1 Å². The molecule has 2 unspecified atom stereocenters. The smallest absolute Gasteiger partial charge is 0.139 e. The van der Waals surface area contributed by atoms with Crippen LogP contribution in [0.2, 0.25) is 5.02 Å². The maximum absolute atomic E-state index is 5.96. The third-order valence-corrected chi connectivity index (χ3v) is 3.19. The molecule has 0 radical (unpaired) electrons. The summed E-state index contributed by atoms with van der Waals surface area (Å²) < 4.78 is 10.7. The predicted molar refractivity (Wildman–Crippen MR) is 65.4 cm³/mol. The van der Waals surface area contributed by atoms with E-state index in [9.17, 15) is 0 Å². The molecule has 3 nitrogen and oxygen atoms in total. The van der Waals surface area contributed by atoms with Gasteiger partial charge >= 0.3 is 0 Å². The predicted octanol–water partition coefficient (Wildman–Crippen LogP) is 2.94. The Balaban J connectivity index is 2.09. The van der Waals surface area contributed by atoms with Gasteiger partial charge in [0.15, 0.2) is 0 Å². The highest BCUT2D eigenvalue weighted by Gasteiger charge is 2.23. The molecule has 1 N–H and O–H groups in total. The van der Waals surface area contributed by atoms with E-state index >= 15 is 0 Å². The average Bonchev–Trinajstić information content (AvgIpc) is 2.67. The van der Waals surface area contributed by atoms with Crippen molar-refractivity contribution < 1.29 is 9.47 Å². The van der Waals surface area contributed by atoms with E-state index < -0.39 is 0 Å². The van der Waals surface area contributed by atoms with Crippen molar-refractivity contribution >= 4 is 17.3 Å². The van der Waals surface area contributed by atoms with Crippen LogP contribution in [0.25, 0.3) is 0 Å². The van der Waals surface area contributed by atoms with Crippen molar-refractivity contribution in [3.05, 3.63) is 23.2 Å². The van der Waals surface area contributed by atoms with Crippen LogP contribution in [0.15, 0.2) is 18.2 Å². The van der Waals surface area contributed by atoms with Gasteiger partial charge in [0.25, 0.3) is 0 Å². The van der Waals surface area contributed by atoms with Crippen LogP contribution in [0.1, 0.15) is 13.3 Å². The summed E-state index contributed by atoms with van der Waals surface area (Å²) in [5.41, 5.74) is 1.02. The monoisotopic (exact) mass is 241 g/mol. The molecule has 0 bridgehead atoms. The second-order valence-electron chi connectivity index (χ2n) is 3.96. The minimum Gasteiger partial charge on any atom is -0.495 e. The molecule has 1 aromatic carbocycles. The van der Waals surface area contributed by atoms with Gasteiger partial charge in [-0.05, 0) is 25.5 Å². The normalized spacial score (nSPS) is 24.4. The summed E-state index contributed by atoms with van der Waals surface area (Å²) >= 11 is 5.96. The van der Waals surface area contributed by atoms with Crippen molar-refractivity contribution in [1.82, 2.24) is 0 Å². The minimum atomic E-state index is 0.252. The molecule has 1 fully saturated rings. The Morgan fingerprint density at radius 1 is 1.50 bits per heavy atom.